The van der Waals surface area contributed by atoms with Gasteiger partial charge >= 0.3 is 5.76 Å². The molecule has 2 heterocycles. The van der Waals surface area contributed by atoms with Crippen LogP contribution in [0.5, 0.6) is 0 Å². The minimum Gasteiger partial charge on any atom is -0.408 e. The van der Waals surface area contributed by atoms with Gasteiger partial charge in [0.1, 0.15) is 5.01 Å². The summed E-state index contributed by atoms with van der Waals surface area (Å²) >= 11 is 1.40. The molecule has 0 aliphatic rings. The lowest BCUT2D eigenvalue weighted by atomic mass is 10.3. The van der Waals surface area contributed by atoms with Crippen molar-refractivity contribution in [2.24, 2.45) is 7.05 Å². The Kier molecular flexibility index (Phi) is 4.09. The van der Waals surface area contributed by atoms with Gasteiger partial charge in [-0.1, -0.05) is 6.92 Å². The molecule has 1 aromatic carbocycles. The van der Waals surface area contributed by atoms with Crippen molar-refractivity contribution in [2.75, 3.05) is 0 Å². The molecule has 0 aliphatic carbocycles. The van der Waals surface area contributed by atoms with Gasteiger partial charge in [-0.3, -0.25) is 4.57 Å². The zero-order valence-electron chi connectivity index (χ0n) is 12.5. The van der Waals surface area contributed by atoms with Crippen LogP contribution >= 0.6 is 11.3 Å². The Bertz CT molecular complexity index is 987. The van der Waals surface area contributed by atoms with Crippen molar-refractivity contribution in [3.8, 4) is 0 Å². The Hall–Kier alpha value is -1.97. The van der Waals surface area contributed by atoms with Crippen LogP contribution in [0.4, 0.5) is 0 Å². The van der Waals surface area contributed by atoms with E-state index < -0.39 is 15.8 Å². The van der Waals surface area contributed by atoms with Crippen molar-refractivity contribution in [1.29, 1.82) is 0 Å². The summed E-state index contributed by atoms with van der Waals surface area (Å²) in [6.45, 7) is 1.89. The average molecular weight is 353 g/mol. The number of oxazole rings is 1. The molecule has 0 radical (unpaired) electrons. The molecule has 23 heavy (non-hydrogen) atoms. The van der Waals surface area contributed by atoms with Gasteiger partial charge < -0.3 is 4.42 Å². The molecule has 0 saturated carbocycles. The molecule has 0 amide bonds. The quantitative estimate of drug-likeness (QED) is 0.757. The van der Waals surface area contributed by atoms with Crippen LogP contribution in [0.2, 0.25) is 0 Å². The number of hydrogen-bond donors (Lipinski definition) is 1. The highest BCUT2D eigenvalue weighted by atomic mass is 32.2. The van der Waals surface area contributed by atoms with Crippen molar-refractivity contribution >= 4 is 32.5 Å². The number of aryl methyl sites for hydroxylation is 1. The standard InChI is InChI=1S/C14H15N3O4S2/c1-3-10(13-15-6-7-22-13)16-23(19,20)9-4-5-12-11(8-9)17(2)14(18)21-12/h4-8,10,16H,3H2,1-2H3/t10-/m1/s1. The monoisotopic (exact) mass is 353 g/mol. The molecule has 0 saturated heterocycles. The molecule has 3 aromatic rings. The zero-order valence-corrected chi connectivity index (χ0v) is 14.1. The Morgan fingerprint density at radius 1 is 1.43 bits per heavy atom. The van der Waals surface area contributed by atoms with Gasteiger partial charge in [-0.2, -0.15) is 0 Å². The van der Waals surface area contributed by atoms with E-state index in [1.165, 1.54) is 41.2 Å². The topological polar surface area (TPSA) is 94.2 Å². The largest absolute Gasteiger partial charge is 0.419 e. The number of rotatable bonds is 5. The second-order valence-electron chi connectivity index (χ2n) is 5.01. The SMILES string of the molecule is CC[C@@H](NS(=O)(=O)c1ccc2oc(=O)n(C)c2c1)c1nccs1. The van der Waals surface area contributed by atoms with Crippen LogP contribution in [0, 0.1) is 0 Å². The van der Waals surface area contributed by atoms with E-state index in [9.17, 15) is 13.2 Å². The summed E-state index contributed by atoms with van der Waals surface area (Å²) in [4.78, 5) is 15.7. The van der Waals surface area contributed by atoms with Crippen LogP contribution in [0.25, 0.3) is 11.1 Å². The lowest BCUT2D eigenvalue weighted by molar-refractivity contribution is 0.528. The Balaban J connectivity index is 1.99. The predicted molar refractivity (Wildman–Crippen MR) is 86.9 cm³/mol. The number of hydrogen-bond acceptors (Lipinski definition) is 6. The number of nitrogens with zero attached hydrogens (tertiary/aromatic N) is 2. The van der Waals surface area contributed by atoms with Crippen molar-refractivity contribution in [1.82, 2.24) is 14.3 Å². The van der Waals surface area contributed by atoms with Gasteiger partial charge in [0.2, 0.25) is 10.0 Å². The van der Waals surface area contributed by atoms with Gasteiger partial charge in [0.05, 0.1) is 16.5 Å². The van der Waals surface area contributed by atoms with Crippen LogP contribution in [0.15, 0.2) is 43.9 Å². The molecule has 0 bridgehead atoms. The first-order chi connectivity index (χ1) is 10.9. The van der Waals surface area contributed by atoms with Gasteiger partial charge in [-0.15, -0.1) is 11.3 Å². The van der Waals surface area contributed by atoms with Crippen molar-refractivity contribution < 1.29 is 12.8 Å². The molecule has 0 unspecified atom stereocenters. The van der Waals surface area contributed by atoms with E-state index in [-0.39, 0.29) is 10.9 Å². The Morgan fingerprint density at radius 3 is 2.87 bits per heavy atom. The van der Waals surface area contributed by atoms with Gasteiger partial charge in [0, 0.05) is 18.6 Å². The van der Waals surface area contributed by atoms with E-state index in [0.29, 0.717) is 22.5 Å². The molecular weight excluding hydrogens is 338 g/mol. The summed E-state index contributed by atoms with van der Waals surface area (Å²) in [5.41, 5.74) is 0.781. The lowest BCUT2D eigenvalue weighted by Crippen LogP contribution is -2.28. The van der Waals surface area contributed by atoms with Crippen molar-refractivity contribution in [3.63, 3.8) is 0 Å². The normalized spacial score (nSPS) is 13.5. The predicted octanol–water partition coefficient (Wildman–Crippen LogP) is 2.02. The molecule has 1 N–H and O–H groups in total. The number of aromatic nitrogens is 2. The maximum absolute atomic E-state index is 12.6. The van der Waals surface area contributed by atoms with Crippen molar-refractivity contribution in [2.45, 2.75) is 24.3 Å². The highest BCUT2D eigenvalue weighted by molar-refractivity contribution is 7.89. The van der Waals surface area contributed by atoms with E-state index in [0.717, 1.165) is 0 Å². The van der Waals surface area contributed by atoms with Gasteiger partial charge in [0.15, 0.2) is 5.58 Å². The summed E-state index contributed by atoms with van der Waals surface area (Å²) in [7, 11) is -2.21. The van der Waals surface area contributed by atoms with Crippen LogP contribution < -0.4 is 10.5 Å². The molecule has 1 atom stereocenters. The summed E-state index contributed by atoms with van der Waals surface area (Å²) in [6, 6.07) is 3.94. The van der Waals surface area contributed by atoms with Gasteiger partial charge in [0.25, 0.3) is 0 Å². The number of benzene rings is 1. The smallest absolute Gasteiger partial charge is 0.408 e. The van der Waals surface area contributed by atoms with E-state index in [2.05, 4.69) is 9.71 Å². The van der Waals surface area contributed by atoms with Gasteiger partial charge in [-0.25, -0.2) is 22.9 Å². The summed E-state index contributed by atoms with van der Waals surface area (Å²) < 4.78 is 34.1. The second kappa shape index (κ2) is 5.91. The number of thiazole rings is 1. The fraction of sp³-hybridized carbons (Fsp3) is 0.286. The third-order valence-electron chi connectivity index (χ3n) is 3.53. The average Bonchev–Trinajstić information content (AvgIpc) is 3.14. The van der Waals surface area contributed by atoms with Crippen LogP contribution in [0.1, 0.15) is 24.4 Å². The second-order valence-corrected chi connectivity index (χ2v) is 7.65. The minimum atomic E-state index is -3.74. The fourth-order valence-electron chi connectivity index (χ4n) is 2.24. The molecule has 122 valence electrons. The van der Waals surface area contributed by atoms with Crippen LogP contribution in [-0.2, 0) is 17.1 Å². The lowest BCUT2D eigenvalue weighted by Gasteiger charge is -2.14. The number of fused-ring (bicyclic) bond motifs is 1. The van der Waals surface area contributed by atoms with Gasteiger partial charge in [-0.05, 0) is 24.6 Å². The Labute approximate surface area is 136 Å². The minimum absolute atomic E-state index is 0.0800. The third-order valence-corrected chi connectivity index (χ3v) is 5.89. The molecule has 2 aromatic heterocycles. The Morgan fingerprint density at radius 2 is 2.22 bits per heavy atom. The molecule has 0 aliphatic heterocycles. The summed E-state index contributed by atoms with van der Waals surface area (Å²) in [6.07, 6.45) is 2.23. The maximum atomic E-state index is 12.6. The molecule has 9 heteroatoms. The summed E-state index contributed by atoms with van der Waals surface area (Å²) in [5.74, 6) is -0.531. The number of nitrogens with one attached hydrogen (secondary N) is 1. The molecule has 0 spiro atoms. The van der Waals surface area contributed by atoms with E-state index in [4.69, 9.17) is 4.42 Å². The zero-order chi connectivity index (χ0) is 16.6. The fourth-order valence-corrected chi connectivity index (χ4v) is 4.39. The van der Waals surface area contributed by atoms with Crippen LogP contribution in [0.3, 0.4) is 0 Å². The highest BCUT2D eigenvalue weighted by Crippen LogP contribution is 2.23. The van der Waals surface area contributed by atoms with Crippen LogP contribution in [-0.4, -0.2) is 18.0 Å². The first kappa shape index (κ1) is 15.9. The third kappa shape index (κ3) is 2.94. The summed E-state index contributed by atoms with van der Waals surface area (Å²) in [5, 5.41) is 2.52. The van der Waals surface area contributed by atoms with E-state index >= 15 is 0 Å². The maximum Gasteiger partial charge on any atom is 0.419 e. The molecule has 0 fully saturated rings. The van der Waals surface area contributed by atoms with Crippen molar-refractivity contribution in [3.05, 3.63) is 45.3 Å². The molecular formula is C14H15N3O4S2. The molecule has 7 nitrogen and oxygen atoms in total. The van der Waals surface area contributed by atoms with E-state index in [1.807, 2.05) is 6.92 Å². The first-order valence-corrected chi connectivity index (χ1v) is 9.30. The molecule has 3 rings (SSSR count). The van der Waals surface area contributed by atoms with E-state index in [1.54, 1.807) is 11.6 Å². The number of sulfonamides is 1. The first-order valence-electron chi connectivity index (χ1n) is 6.93. The highest BCUT2D eigenvalue weighted by Gasteiger charge is 2.23.